The number of methoxy groups -OCH3 is 3. The van der Waals surface area contributed by atoms with Crippen LogP contribution in [-0.4, -0.2) is 44.9 Å². The maximum atomic E-state index is 12.3. The molecule has 8 heteroatoms. The van der Waals surface area contributed by atoms with Crippen LogP contribution in [-0.2, 0) is 9.59 Å². The summed E-state index contributed by atoms with van der Waals surface area (Å²) in [4.78, 5) is 23.5. The Morgan fingerprint density at radius 1 is 0.964 bits per heavy atom. The van der Waals surface area contributed by atoms with E-state index in [1.54, 1.807) is 42.5 Å². The number of carbonyl (C=O) groups excluding carboxylic acids is 1. The molecular formula is C20H23NO7. The van der Waals surface area contributed by atoms with Crippen LogP contribution < -0.4 is 24.3 Å². The number of amides is 1. The van der Waals surface area contributed by atoms with E-state index in [9.17, 15) is 14.7 Å². The first-order valence-electron chi connectivity index (χ1n) is 8.46. The van der Waals surface area contributed by atoms with Crippen LogP contribution in [0.4, 0.5) is 0 Å². The lowest BCUT2D eigenvalue weighted by molar-refractivity contribution is -0.137. The molecule has 0 radical (unpaired) electrons. The molecule has 2 aromatic rings. The molecule has 1 atom stereocenters. The molecule has 0 aliphatic rings. The second-order valence-corrected chi connectivity index (χ2v) is 5.80. The summed E-state index contributed by atoms with van der Waals surface area (Å²) in [7, 11) is 4.52. The zero-order valence-corrected chi connectivity index (χ0v) is 15.9. The number of nitrogens with one attached hydrogen (secondary N) is 1. The Bertz CT molecular complexity index is 822. The summed E-state index contributed by atoms with van der Waals surface area (Å²) in [6.45, 7) is -0.267. The Hall–Kier alpha value is -3.42. The Kier molecular flexibility index (Phi) is 7.50. The lowest BCUT2D eigenvalue weighted by Crippen LogP contribution is -2.33. The predicted octanol–water partition coefficient (Wildman–Crippen LogP) is 2.42. The van der Waals surface area contributed by atoms with Gasteiger partial charge in [-0.2, -0.15) is 0 Å². The molecule has 0 aliphatic carbocycles. The quantitative estimate of drug-likeness (QED) is 0.643. The lowest BCUT2D eigenvalue weighted by Gasteiger charge is -2.19. The number of hydrogen-bond acceptors (Lipinski definition) is 6. The predicted molar refractivity (Wildman–Crippen MR) is 101 cm³/mol. The van der Waals surface area contributed by atoms with Gasteiger partial charge in [0.2, 0.25) is 0 Å². The van der Waals surface area contributed by atoms with Crippen molar-refractivity contribution in [2.24, 2.45) is 0 Å². The van der Waals surface area contributed by atoms with Gasteiger partial charge in [0.1, 0.15) is 11.5 Å². The summed E-state index contributed by atoms with van der Waals surface area (Å²) in [5, 5.41) is 11.9. The molecule has 0 aliphatic heterocycles. The molecule has 0 bridgehead atoms. The topological polar surface area (TPSA) is 103 Å². The molecule has 0 aromatic heterocycles. The molecule has 2 aromatic carbocycles. The Morgan fingerprint density at radius 2 is 1.68 bits per heavy atom. The van der Waals surface area contributed by atoms with Gasteiger partial charge in [0, 0.05) is 6.07 Å². The van der Waals surface area contributed by atoms with E-state index in [4.69, 9.17) is 18.9 Å². The van der Waals surface area contributed by atoms with Crippen molar-refractivity contribution in [3.05, 3.63) is 48.0 Å². The number of rotatable bonds is 10. The molecule has 2 rings (SSSR count). The van der Waals surface area contributed by atoms with Gasteiger partial charge in [-0.3, -0.25) is 9.59 Å². The SMILES string of the molecule is COc1cccc(OCC(=O)NC(CC(=O)O)c2ccc(OC)c(OC)c2)c1. The molecule has 1 unspecified atom stereocenters. The molecule has 0 fully saturated rings. The van der Waals surface area contributed by atoms with Crippen molar-refractivity contribution in [1.29, 1.82) is 0 Å². The van der Waals surface area contributed by atoms with Crippen LogP contribution in [0.25, 0.3) is 0 Å². The van der Waals surface area contributed by atoms with Crippen LogP contribution in [0.3, 0.4) is 0 Å². The maximum absolute atomic E-state index is 12.3. The van der Waals surface area contributed by atoms with Gasteiger partial charge in [0.05, 0.1) is 33.8 Å². The number of benzene rings is 2. The minimum absolute atomic E-state index is 0.267. The van der Waals surface area contributed by atoms with Crippen molar-refractivity contribution >= 4 is 11.9 Å². The molecule has 1 amide bonds. The van der Waals surface area contributed by atoms with E-state index in [-0.39, 0.29) is 13.0 Å². The van der Waals surface area contributed by atoms with Crippen molar-refractivity contribution in [1.82, 2.24) is 5.32 Å². The van der Waals surface area contributed by atoms with Crippen molar-refractivity contribution in [2.75, 3.05) is 27.9 Å². The van der Waals surface area contributed by atoms with Gasteiger partial charge in [-0.05, 0) is 29.8 Å². The van der Waals surface area contributed by atoms with Gasteiger partial charge in [-0.1, -0.05) is 12.1 Å². The third-order valence-electron chi connectivity index (χ3n) is 3.94. The second kappa shape index (κ2) is 10.1. The van der Waals surface area contributed by atoms with Gasteiger partial charge in [0.25, 0.3) is 5.91 Å². The van der Waals surface area contributed by atoms with Crippen LogP contribution >= 0.6 is 0 Å². The smallest absolute Gasteiger partial charge is 0.305 e. The normalized spacial score (nSPS) is 11.2. The fourth-order valence-corrected chi connectivity index (χ4v) is 2.57. The molecule has 8 nitrogen and oxygen atoms in total. The number of carbonyl (C=O) groups is 2. The van der Waals surface area contributed by atoms with Gasteiger partial charge in [0.15, 0.2) is 18.1 Å². The molecule has 28 heavy (non-hydrogen) atoms. The van der Waals surface area contributed by atoms with Gasteiger partial charge in [-0.15, -0.1) is 0 Å². The highest BCUT2D eigenvalue weighted by molar-refractivity contribution is 5.79. The molecule has 0 heterocycles. The number of aliphatic carboxylic acids is 1. The van der Waals surface area contributed by atoms with Crippen LogP contribution in [0, 0.1) is 0 Å². The Balaban J connectivity index is 2.08. The van der Waals surface area contributed by atoms with E-state index in [0.29, 0.717) is 28.6 Å². The zero-order valence-electron chi connectivity index (χ0n) is 15.9. The van der Waals surface area contributed by atoms with Crippen molar-refractivity contribution in [3.63, 3.8) is 0 Å². The van der Waals surface area contributed by atoms with Gasteiger partial charge >= 0.3 is 5.97 Å². The number of carboxylic acid groups (broad SMARTS) is 1. The van der Waals surface area contributed by atoms with E-state index in [1.165, 1.54) is 21.3 Å². The minimum Gasteiger partial charge on any atom is -0.497 e. The van der Waals surface area contributed by atoms with Crippen LogP contribution in [0.5, 0.6) is 23.0 Å². The average molecular weight is 389 g/mol. The van der Waals surface area contributed by atoms with Crippen molar-refractivity contribution < 1.29 is 33.6 Å². The molecule has 2 N–H and O–H groups in total. The minimum atomic E-state index is -1.05. The highest BCUT2D eigenvalue weighted by Gasteiger charge is 2.20. The van der Waals surface area contributed by atoms with Crippen LogP contribution in [0.1, 0.15) is 18.0 Å². The van der Waals surface area contributed by atoms with E-state index >= 15 is 0 Å². The number of carboxylic acids is 1. The zero-order chi connectivity index (χ0) is 20.5. The fraction of sp³-hybridized carbons (Fsp3) is 0.300. The third kappa shape index (κ3) is 5.80. The van der Waals surface area contributed by atoms with E-state index in [1.807, 2.05) is 0 Å². The van der Waals surface area contributed by atoms with E-state index < -0.39 is 17.9 Å². The third-order valence-corrected chi connectivity index (χ3v) is 3.94. The summed E-state index contributed by atoms with van der Waals surface area (Å²) in [6, 6.07) is 11.1. The molecule has 0 spiro atoms. The van der Waals surface area contributed by atoms with Gasteiger partial charge < -0.3 is 29.4 Å². The Morgan fingerprint density at radius 3 is 2.32 bits per heavy atom. The first-order valence-corrected chi connectivity index (χ1v) is 8.46. The summed E-state index contributed by atoms with van der Waals surface area (Å²) in [5.74, 6) is 0.519. The van der Waals surface area contributed by atoms with Crippen LogP contribution in [0.15, 0.2) is 42.5 Å². The maximum Gasteiger partial charge on any atom is 0.305 e. The lowest BCUT2D eigenvalue weighted by atomic mass is 10.0. The van der Waals surface area contributed by atoms with E-state index in [2.05, 4.69) is 5.32 Å². The molecular weight excluding hydrogens is 366 g/mol. The molecule has 0 saturated heterocycles. The number of hydrogen-bond donors (Lipinski definition) is 2. The van der Waals surface area contributed by atoms with E-state index in [0.717, 1.165) is 0 Å². The second-order valence-electron chi connectivity index (χ2n) is 5.80. The average Bonchev–Trinajstić information content (AvgIpc) is 2.71. The molecule has 0 saturated carbocycles. The van der Waals surface area contributed by atoms with Gasteiger partial charge in [-0.25, -0.2) is 0 Å². The highest BCUT2D eigenvalue weighted by Crippen LogP contribution is 2.31. The summed E-state index contributed by atoms with van der Waals surface area (Å²) < 4.78 is 21.0. The summed E-state index contributed by atoms with van der Waals surface area (Å²) in [6.07, 6.45) is -0.291. The molecule has 150 valence electrons. The fourth-order valence-electron chi connectivity index (χ4n) is 2.57. The summed E-state index contributed by atoms with van der Waals surface area (Å²) >= 11 is 0. The van der Waals surface area contributed by atoms with Crippen molar-refractivity contribution in [2.45, 2.75) is 12.5 Å². The summed E-state index contributed by atoms with van der Waals surface area (Å²) in [5.41, 5.74) is 0.579. The monoisotopic (exact) mass is 389 g/mol. The van der Waals surface area contributed by atoms with Crippen LogP contribution in [0.2, 0.25) is 0 Å². The first kappa shape index (κ1) is 20.9. The number of ether oxygens (including phenoxy) is 4. The Labute approximate surface area is 163 Å². The first-order chi connectivity index (χ1) is 13.5. The largest absolute Gasteiger partial charge is 0.497 e. The standard InChI is InChI=1S/C20H23NO7/c1-25-14-5-4-6-15(10-14)28-12-19(22)21-16(11-20(23)24)13-7-8-17(26-2)18(9-13)27-3/h4-10,16H,11-12H2,1-3H3,(H,21,22)(H,23,24). The van der Waals surface area contributed by atoms with Crippen molar-refractivity contribution in [3.8, 4) is 23.0 Å². The highest BCUT2D eigenvalue weighted by atomic mass is 16.5.